The predicted octanol–water partition coefficient (Wildman–Crippen LogP) is 3.44. The average Bonchev–Trinajstić information content (AvgIpc) is 2.96. The molecular formula is C22H32F2N4O3. The lowest BCUT2D eigenvalue weighted by atomic mass is 9.98. The third-order valence-electron chi connectivity index (χ3n) is 5.46. The zero-order valence-corrected chi connectivity index (χ0v) is 18.6. The zero-order valence-electron chi connectivity index (χ0n) is 18.6. The van der Waals surface area contributed by atoms with Gasteiger partial charge in [-0.3, -0.25) is 4.99 Å². The summed E-state index contributed by atoms with van der Waals surface area (Å²) in [7, 11) is 1.69. The first kappa shape index (κ1) is 23.1. The van der Waals surface area contributed by atoms with Crippen LogP contribution in [-0.2, 0) is 4.74 Å². The molecule has 0 aromatic heterocycles. The molecule has 31 heavy (non-hydrogen) atoms. The molecule has 1 aromatic carbocycles. The van der Waals surface area contributed by atoms with Crippen LogP contribution in [0.2, 0.25) is 0 Å². The molecule has 9 heteroatoms. The fourth-order valence-electron chi connectivity index (χ4n) is 4.20. The number of rotatable bonds is 5. The molecule has 0 aliphatic carbocycles. The summed E-state index contributed by atoms with van der Waals surface area (Å²) in [6.45, 7) is 6.36. The topological polar surface area (TPSA) is 75.2 Å². The Morgan fingerprint density at radius 1 is 1.19 bits per heavy atom. The molecule has 3 rings (SSSR count). The van der Waals surface area contributed by atoms with Gasteiger partial charge in [0.1, 0.15) is 18.0 Å². The van der Waals surface area contributed by atoms with Crippen molar-refractivity contribution < 1.29 is 23.0 Å². The second-order valence-corrected chi connectivity index (χ2v) is 9.01. The van der Waals surface area contributed by atoms with Crippen molar-refractivity contribution in [3.63, 3.8) is 0 Å². The standard InChI is InChI=1S/C22H32F2N4O3/c1-22(2,3)31-21(29)28-15-5-6-16(28)12-14(11-15)27-20(25-4)26-9-10-30-17-7-8-18(23)19(24)13-17/h7-8,13-16H,5-6,9-12H2,1-4H3,(H2,25,26,27). The number of nitrogens with one attached hydrogen (secondary N) is 2. The summed E-state index contributed by atoms with van der Waals surface area (Å²) in [6.07, 6.45) is 3.41. The van der Waals surface area contributed by atoms with E-state index in [1.54, 1.807) is 7.05 Å². The van der Waals surface area contributed by atoms with Gasteiger partial charge in [0.15, 0.2) is 17.6 Å². The minimum absolute atomic E-state index is 0.168. The molecule has 2 atom stereocenters. The zero-order chi connectivity index (χ0) is 22.6. The van der Waals surface area contributed by atoms with Gasteiger partial charge in [-0.15, -0.1) is 0 Å². The van der Waals surface area contributed by atoms with Crippen molar-refractivity contribution in [3.8, 4) is 5.75 Å². The molecule has 0 spiro atoms. The van der Waals surface area contributed by atoms with E-state index in [4.69, 9.17) is 9.47 Å². The maximum absolute atomic E-state index is 13.2. The van der Waals surface area contributed by atoms with Gasteiger partial charge in [-0.25, -0.2) is 13.6 Å². The number of halogens is 2. The van der Waals surface area contributed by atoms with E-state index in [1.807, 2.05) is 25.7 Å². The molecule has 2 saturated heterocycles. The number of hydrogen-bond acceptors (Lipinski definition) is 4. The predicted molar refractivity (Wildman–Crippen MR) is 114 cm³/mol. The Hall–Kier alpha value is -2.58. The highest BCUT2D eigenvalue weighted by Gasteiger charge is 2.45. The molecule has 0 radical (unpaired) electrons. The number of hydrogen-bond donors (Lipinski definition) is 2. The number of amides is 1. The van der Waals surface area contributed by atoms with Crippen LogP contribution in [-0.4, -0.2) is 60.9 Å². The van der Waals surface area contributed by atoms with E-state index in [0.717, 1.165) is 37.8 Å². The summed E-state index contributed by atoms with van der Waals surface area (Å²) in [4.78, 5) is 18.7. The van der Waals surface area contributed by atoms with Crippen molar-refractivity contribution in [1.82, 2.24) is 15.5 Å². The van der Waals surface area contributed by atoms with Gasteiger partial charge in [-0.1, -0.05) is 0 Å². The first-order valence-electron chi connectivity index (χ1n) is 10.7. The van der Waals surface area contributed by atoms with Gasteiger partial charge in [0.25, 0.3) is 0 Å². The van der Waals surface area contributed by atoms with E-state index < -0.39 is 17.2 Å². The second kappa shape index (κ2) is 9.70. The lowest BCUT2D eigenvalue weighted by molar-refractivity contribution is 0.00544. The van der Waals surface area contributed by atoms with Crippen LogP contribution in [0, 0.1) is 11.6 Å². The molecular weight excluding hydrogens is 406 g/mol. The van der Waals surface area contributed by atoms with Crippen molar-refractivity contribution >= 4 is 12.1 Å². The molecule has 7 nitrogen and oxygen atoms in total. The van der Waals surface area contributed by atoms with Crippen molar-refractivity contribution in [1.29, 1.82) is 0 Å². The minimum atomic E-state index is -0.935. The Kier molecular flexibility index (Phi) is 7.23. The Morgan fingerprint density at radius 3 is 2.45 bits per heavy atom. The molecule has 2 unspecified atom stereocenters. The number of aliphatic imine (C=N–C) groups is 1. The average molecular weight is 439 g/mol. The van der Waals surface area contributed by atoms with E-state index in [0.29, 0.717) is 12.5 Å². The Bertz CT molecular complexity index is 798. The molecule has 0 saturated carbocycles. The lowest BCUT2D eigenvalue weighted by Gasteiger charge is -2.40. The van der Waals surface area contributed by atoms with Crippen molar-refractivity contribution in [3.05, 3.63) is 29.8 Å². The van der Waals surface area contributed by atoms with Gasteiger partial charge in [-0.05, 0) is 58.6 Å². The van der Waals surface area contributed by atoms with Gasteiger partial charge in [-0.2, -0.15) is 0 Å². The van der Waals surface area contributed by atoms with E-state index in [9.17, 15) is 13.6 Å². The normalized spacial score (nSPS) is 23.5. The highest BCUT2D eigenvalue weighted by molar-refractivity contribution is 5.80. The third kappa shape index (κ3) is 6.21. The van der Waals surface area contributed by atoms with Crippen LogP contribution in [0.15, 0.2) is 23.2 Å². The van der Waals surface area contributed by atoms with Gasteiger partial charge < -0.3 is 25.0 Å². The summed E-state index contributed by atoms with van der Waals surface area (Å²) in [5, 5.41) is 6.59. The third-order valence-corrected chi connectivity index (χ3v) is 5.46. The SMILES string of the molecule is CN=C(NCCOc1ccc(F)c(F)c1)NC1CC2CCC(C1)N2C(=O)OC(C)(C)C. The Labute approximate surface area is 182 Å². The van der Waals surface area contributed by atoms with E-state index in [2.05, 4.69) is 15.6 Å². The van der Waals surface area contributed by atoms with Crippen LogP contribution in [0.4, 0.5) is 13.6 Å². The van der Waals surface area contributed by atoms with Gasteiger partial charge in [0.2, 0.25) is 0 Å². The maximum Gasteiger partial charge on any atom is 0.410 e. The smallest absolute Gasteiger partial charge is 0.410 e. The fourth-order valence-corrected chi connectivity index (χ4v) is 4.20. The van der Waals surface area contributed by atoms with Crippen LogP contribution >= 0.6 is 0 Å². The molecule has 2 N–H and O–H groups in total. The number of carbonyl (C=O) groups excluding carboxylic acids is 1. The van der Waals surface area contributed by atoms with Crippen LogP contribution in [0.1, 0.15) is 46.5 Å². The molecule has 1 aromatic rings. The number of benzene rings is 1. The molecule has 2 fully saturated rings. The van der Waals surface area contributed by atoms with Gasteiger partial charge >= 0.3 is 6.09 Å². The fraction of sp³-hybridized carbons (Fsp3) is 0.636. The van der Waals surface area contributed by atoms with Crippen LogP contribution in [0.25, 0.3) is 0 Å². The summed E-state index contributed by atoms with van der Waals surface area (Å²) in [5.74, 6) is -0.921. The van der Waals surface area contributed by atoms with Gasteiger partial charge in [0, 0.05) is 31.2 Å². The summed E-state index contributed by atoms with van der Waals surface area (Å²) < 4.78 is 37.2. The van der Waals surface area contributed by atoms with E-state index >= 15 is 0 Å². The number of carbonyl (C=O) groups is 1. The van der Waals surface area contributed by atoms with E-state index in [-0.39, 0.29) is 36.6 Å². The molecule has 172 valence electrons. The van der Waals surface area contributed by atoms with Crippen LogP contribution < -0.4 is 15.4 Å². The molecule has 2 aliphatic rings. The summed E-state index contributed by atoms with van der Waals surface area (Å²) >= 11 is 0. The van der Waals surface area contributed by atoms with E-state index in [1.165, 1.54) is 6.07 Å². The Balaban J connectivity index is 1.44. The van der Waals surface area contributed by atoms with Crippen LogP contribution in [0.5, 0.6) is 5.75 Å². The van der Waals surface area contributed by atoms with Crippen LogP contribution in [0.3, 0.4) is 0 Å². The lowest BCUT2D eigenvalue weighted by Crippen LogP contribution is -2.55. The number of piperidine rings is 1. The first-order valence-corrected chi connectivity index (χ1v) is 10.7. The molecule has 1 amide bonds. The number of ether oxygens (including phenoxy) is 2. The largest absolute Gasteiger partial charge is 0.492 e. The summed E-state index contributed by atoms with van der Waals surface area (Å²) in [5.41, 5.74) is -0.501. The molecule has 2 heterocycles. The van der Waals surface area contributed by atoms with Crippen molar-refractivity contribution in [2.75, 3.05) is 20.2 Å². The van der Waals surface area contributed by atoms with Gasteiger partial charge in [0.05, 0.1) is 6.54 Å². The number of guanidine groups is 1. The second-order valence-electron chi connectivity index (χ2n) is 9.01. The number of nitrogens with zero attached hydrogens (tertiary/aromatic N) is 2. The number of fused-ring (bicyclic) bond motifs is 2. The van der Waals surface area contributed by atoms with Crippen molar-refractivity contribution in [2.45, 2.75) is 70.2 Å². The quantitative estimate of drug-likeness (QED) is 0.419. The Morgan fingerprint density at radius 2 is 1.87 bits per heavy atom. The monoisotopic (exact) mass is 438 g/mol. The maximum atomic E-state index is 13.2. The van der Waals surface area contributed by atoms with Crippen molar-refractivity contribution in [2.24, 2.45) is 4.99 Å². The summed E-state index contributed by atoms with van der Waals surface area (Å²) in [6, 6.07) is 3.99. The first-order chi connectivity index (χ1) is 14.7. The minimum Gasteiger partial charge on any atom is -0.492 e. The highest BCUT2D eigenvalue weighted by Crippen LogP contribution is 2.36. The molecule has 2 aliphatic heterocycles. The molecule has 2 bridgehead atoms. The highest BCUT2D eigenvalue weighted by atomic mass is 19.2.